The molecule has 0 bridgehead atoms. The molecule has 1 unspecified atom stereocenters. The number of hydrogen-bond acceptors (Lipinski definition) is 6. The van der Waals surface area contributed by atoms with Crippen molar-refractivity contribution in [2.75, 3.05) is 39.2 Å². The second-order valence-electron chi connectivity index (χ2n) is 9.44. The smallest absolute Gasteiger partial charge is 0.245 e. The van der Waals surface area contributed by atoms with Crippen LogP contribution >= 0.6 is 0 Å². The number of nitrogens with one attached hydrogen (secondary N) is 1. The summed E-state index contributed by atoms with van der Waals surface area (Å²) in [6.07, 6.45) is 4.95. The van der Waals surface area contributed by atoms with Crippen molar-refractivity contribution in [1.82, 2.24) is 14.7 Å². The quantitative estimate of drug-likeness (QED) is 0.370. The summed E-state index contributed by atoms with van der Waals surface area (Å²) >= 11 is 0. The van der Waals surface area contributed by atoms with Crippen molar-refractivity contribution in [3.05, 3.63) is 60.7 Å². The topological polar surface area (TPSA) is 85.7 Å². The van der Waals surface area contributed by atoms with Gasteiger partial charge < -0.3 is 19.7 Å². The molecule has 0 radical (unpaired) electrons. The van der Waals surface area contributed by atoms with Crippen molar-refractivity contribution in [2.45, 2.75) is 25.3 Å². The predicted octanol–water partition coefficient (Wildman–Crippen LogP) is 4.83. The minimum atomic E-state index is -0.0177. The molecule has 37 heavy (non-hydrogen) atoms. The van der Waals surface area contributed by atoms with Crippen LogP contribution < -0.4 is 14.8 Å². The lowest BCUT2D eigenvalue weighted by molar-refractivity contribution is -0.127. The van der Waals surface area contributed by atoms with Crippen LogP contribution in [-0.4, -0.2) is 60.7 Å². The second kappa shape index (κ2) is 10.5. The average Bonchev–Trinajstić information content (AvgIpc) is 3.35. The van der Waals surface area contributed by atoms with Crippen molar-refractivity contribution in [1.29, 1.82) is 0 Å². The van der Waals surface area contributed by atoms with Gasteiger partial charge in [-0.25, -0.2) is 4.68 Å². The number of likely N-dealkylation sites (tertiary alicyclic amines) is 1. The van der Waals surface area contributed by atoms with Gasteiger partial charge in [0.1, 0.15) is 23.0 Å². The third kappa shape index (κ3) is 4.48. The number of carbonyl (C=O) groups excluding carboxylic acids is 2. The lowest BCUT2D eigenvalue weighted by Crippen LogP contribution is -2.41. The molecular formula is C29H32N4O4. The summed E-state index contributed by atoms with van der Waals surface area (Å²) in [6.45, 7) is 5.79. The maximum Gasteiger partial charge on any atom is 0.245 e. The van der Waals surface area contributed by atoms with Gasteiger partial charge in [0.15, 0.2) is 6.29 Å². The van der Waals surface area contributed by atoms with Gasteiger partial charge in [-0.3, -0.25) is 9.59 Å². The van der Waals surface area contributed by atoms with Crippen LogP contribution in [0.5, 0.6) is 11.5 Å². The molecule has 3 aromatic rings. The molecule has 1 atom stereocenters. The Bertz CT molecular complexity index is 1280. The zero-order valence-electron chi connectivity index (χ0n) is 21.3. The monoisotopic (exact) mass is 500 g/mol. The zero-order chi connectivity index (χ0) is 25.9. The fraction of sp³-hybridized carbons (Fsp3) is 0.345. The molecule has 3 heterocycles. The molecular weight excluding hydrogens is 468 g/mol. The number of aldehydes is 1. The summed E-state index contributed by atoms with van der Waals surface area (Å²) in [5, 5.41) is 8.39. The summed E-state index contributed by atoms with van der Waals surface area (Å²) in [5.74, 6) is 2.39. The number of nitrogens with zero attached hydrogens (tertiary/aromatic N) is 3. The lowest BCUT2D eigenvalue weighted by Gasteiger charge is -2.38. The van der Waals surface area contributed by atoms with Gasteiger partial charge in [0.05, 0.1) is 31.4 Å². The first-order chi connectivity index (χ1) is 18.1. The van der Waals surface area contributed by atoms with E-state index in [1.54, 1.807) is 14.2 Å². The second-order valence-corrected chi connectivity index (χ2v) is 9.44. The molecule has 1 N–H and O–H groups in total. The predicted molar refractivity (Wildman–Crippen MR) is 143 cm³/mol. The molecule has 1 aromatic heterocycles. The zero-order valence-corrected chi connectivity index (χ0v) is 21.3. The number of piperidine rings is 1. The summed E-state index contributed by atoms with van der Waals surface area (Å²) in [7, 11) is 3.26. The Labute approximate surface area is 216 Å². The first-order valence-electron chi connectivity index (χ1n) is 12.6. The first kappa shape index (κ1) is 24.6. The Morgan fingerprint density at radius 3 is 2.32 bits per heavy atom. The van der Waals surface area contributed by atoms with Crippen molar-refractivity contribution < 1.29 is 19.1 Å². The molecule has 5 rings (SSSR count). The van der Waals surface area contributed by atoms with E-state index in [1.165, 1.54) is 6.08 Å². The van der Waals surface area contributed by atoms with Crippen molar-refractivity contribution in [3.63, 3.8) is 0 Å². The van der Waals surface area contributed by atoms with Gasteiger partial charge in [-0.05, 0) is 49.0 Å². The molecule has 1 amide bonds. The average molecular weight is 501 g/mol. The SMILES string of the molecule is C=CC(=O)N1CCC(C2CCNc3c(C=O)c(-c4cc(OC)c(-c5ccccc5)c(OC)c4)nn32)CC1. The van der Waals surface area contributed by atoms with Gasteiger partial charge in [0, 0.05) is 25.2 Å². The van der Waals surface area contributed by atoms with Gasteiger partial charge in [-0.1, -0.05) is 36.9 Å². The first-order valence-corrected chi connectivity index (χ1v) is 12.6. The van der Waals surface area contributed by atoms with Crippen molar-refractivity contribution >= 4 is 18.0 Å². The Morgan fingerprint density at radius 1 is 1.05 bits per heavy atom. The number of hydrogen-bond donors (Lipinski definition) is 1. The highest BCUT2D eigenvalue weighted by atomic mass is 16.5. The molecule has 2 aliphatic rings. The highest BCUT2D eigenvalue weighted by Gasteiger charge is 2.35. The van der Waals surface area contributed by atoms with Gasteiger partial charge in [-0.2, -0.15) is 5.10 Å². The van der Waals surface area contributed by atoms with Gasteiger partial charge in [-0.15, -0.1) is 0 Å². The van der Waals surface area contributed by atoms with E-state index >= 15 is 0 Å². The standard InChI is InChI=1S/C29H32N4O4/c1-4-26(35)32-14-11-19(12-15-32)23-10-13-30-29-22(18-34)28(31-33(23)29)21-16-24(36-2)27(25(17-21)37-3)20-8-6-5-7-9-20/h4-9,16-19,23,30H,1,10-15H2,2-3H3. The molecule has 2 aliphatic heterocycles. The normalized spacial score (nSPS) is 17.5. The third-order valence-electron chi connectivity index (χ3n) is 7.52. The van der Waals surface area contributed by atoms with E-state index < -0.39 is 0 Å². The van der Waals surface area contributed by atoms with E-state index in [2.05, 4.69) is 11.9 Å². The number of aromatic nitrogens is 2. The fourth-order valence-electron chi connectivity index (χ4n) is 5.66. The fourth-order valence-corrected chi connectivity index (χ4v) is 5.66. The maximum atomic E-state index is 12.4. The molecule has 0 spiro atoms. The summed E-state index contributed by atoms with van der Waals surface area (Å²) < 4.78 is 13.5. The molecule has 192 valence electrons. The minimum Gasteiger partial charge on any atom is -0.496 e. The van der Waals surface area contributed by atoms with Crippen LogP contribution in [-0.2, 0) is 4.79 Å². The molecule has 1 saturated heterocycles. The van der Waals surface area contributed by atoms with Gasteiger partial charge in [0.25, 0.3) is 0 Å². The largest absolute Gasteiger partial charge is 0.496 e. The Hall–Kier alpha value is -4.07. The van der Waals surface area contributed by atoms with Crippen molar-refractivity contribution in [2.24, 2.45) is 5.92 Å². The number of rotatable bonds is 7. The van der Waals surface area contributed by atoms with Crippen LogP contribution in [0.25, 0.3) is 22.4 Å². The van der Waals surface area contributed by atoms with Crippen molar-refractivity contribution in [3.8, 4) is 33.9 Å². The number of amides is 1. The molecule has 0 saturated carbocycles. The Morgan fingerprint density at radius 2 is 1.73 bits per heavy atom. The number of carbonyl (C=O) groups is 2. The van der Waals surface area contributed by atoms with E-state index in [-0.39, 0.29) is 11.9 Å². The summed E-state index contributed by atoms with van der Waals surface area (Å²) in [6, 6.07) is 13.9. The van der Waals surface area contributed by atoms with Gasteiger partial charge in [0.2, 0.25) is 5.91 Å². The number of ether oxygens (including phenoxy) is 2. The summed E-state index contributed by atoms with van der Waals surface area (Å²) in [5.41, 5.74) is 3.71. The highest BCUT2D eigenvalue weighted by molar-refractivity contribution is 5.94. The Kier molecular flexibility index (Phi) is 6.99. The number of benzene rings is 2. The Balaban J connectivity index is 1.53. The van der Waals surface area contributed by atoms with Crippen LogP contribution in [0.3, 0.4) is 0 Å². The van der Waals surface area contributed by atoms with Gasteiger partial charge >= 0.3 is 0 Å². The molecule has 1 fully saturated rings. The minimum absolute atomic E-state index is 0.0177. The summed E-state index contributed by atoms with van der Waals surface area (Å²) in [4.78, 5) is 26.2. The van der Waals surface area contributed by atoms with E-state index in [9.17, 15) is 9.59 Å². The van der Waals surface area contributed by atoms with E-state index in [0.29, 0.717) is 41.8 Å². The van der Waals surface area contributed by atoms with Crippen LogP contribution in [0.15, 0.2) is 55.1 Å². The third-order valence-corrected chi connectivity index (χ3v) is 7.52. The number of fused-ring (bicyclic) bond motifs is 1. The number of anilines is 1. The number of methoxy groups -OCH3 is 2. The molecule has 0 aliphatic carbocycles. The van der Waals surface area contributed by atoms with E-state index in [0.717, 1.165) is 54.6 Å². The molecule has 8 heteroatoms. The van der Waals surface area contributed by atoms with Crippen LogP contribution in [0.2, 0.25) is 0 Å². The maximum absolute atomic E-state index is 12.4. The van der Waals surface area contributed by atoms with Crippen LogP contribution in [0, 0.1) is 5.92 Å². The lowest BCUT2D eigenvalue weighted by atomic mass is 9.87. The highest BCUT2D eigenvalue weighted by Crippen LogP contribution is 2.44. The molecule has 8 nitrogen and oxygen atoms in total. The van der Waals surface area contributed by atoms with E-state index in [1.807, 2.05) is 52.0 Å². The molecule has 2 aromatic carbocycles. The van der Waals surface area contributed by atoms with Crippen LogP contribution in [0.1, 0.15) is 35.7 Å². The van der Waals surface area contributed by atoms with E-state index in [4.69, 9.17) is 14.6 Å². The van der Waals surface area contributed by atoms with Crippen LogP contribution in [0.4, 0.5) is 5.82 Å².